The van der Waals surface area contributed by atoms with Crippen LogP contribution in [0.3, 0.4) is 0 Å². The summed E-state index contributed by atoms with van der Waals surface area (Å²) in [6, 6.07) is 0. The van der Waals surface area contributed by atoms with Crippen LogP contribution in [0.15, 0.2) is 0 Å². The quantitative estimate of drug-likeness (QED) is 0.663. The van der Waals surface area contributed by atoms with Gasteiger partial charge in [0.2, 0.25) is 0 Å². The summed E-state index contributed by atoms with van der Waals surface area (Å²) in [5, 5.41) is 0. The average molecular weight is 374 g/mol. The van der Waals surface area contributed by atoms with E-state index in [4.69, 9.17) is 19.3 Å². The van der Waals surface area contributed by atoms with Crippen molar-refractivity contribution < 1.29 is 0 Å². The van der Waals surface area contributed by atoms with E-state index >= 15 is 0 Å². The normalized spacial score (nSPS) is 7.80. The molecule has 0 aliphatic carbocycles. The van der Waals surface area contributed by atoms with Crippen molar-refractivity contribution in [3.8, 4) is 144 Å². The van der Waals surface area contributed by atoms with Gasteiger partial charge in [0, 0.05) is 18.3 Å². The molecule has 2 unspecified atom stereocenters. The molecule has 0 saturated carbocycles. The summed E-state index contributed by atoms with van der Waals surface area (Å²) < 4.78 is 0. The molecule has 0 radical (unpaired) electrons. The van der Waals surface area contributed by atoms with Gasteiger partial charge in [0.25, 0.3) is 0 Å². The van der Waals surface area contributed by atoms with Gasteiger partial charge in [-0.15, -0.1) is 19.3 Å². The van der Waals surface area contributed by atoms with Crippen LogP contribution in [-0.2, 0) is 0 Å². The lowest BCUT2D eigenvalue weighted by Crippen LogP contribution is -2.03. The fraction of sp³-hybridized carbons (Fsp3) is 0.200. The molecule has 0 aromatic heterocycles. The van der Waals surface area contributed by atoms with Gasteiger partial charge in [-0.2, -0.15) is 0 Å². The zero-order valence-corrected chi connectivity index (χ0v) is 16.5. The zero-order valence-electron chi connectivity index (χ0n) is 16.5. The monoisotopic (exact) mass is 374 g/mol. The molecule has 0 saturated heterocycles. The summed E-state index contributed by atoms with van der Waals surface area (Å²) in [6.45, 7) is 2.00. The molecule has 0 heterocycles. The van der Waals surface area contributed by atoms with Crippen LogP contribution < -0.4 is 0 Å². The van der Waals surface area contributed by atoms with Gasteiger partial charge in [0.05, 0.1) is 0 Å². The molecule has 0 aliphatic rings. The maximum Gasteiger partial charge on any atom is 0.0233 e. The first-order chi connectivity index (χ1) is 14.7. The second-order valence-electron chi connectivity index (χ2n) is 5.15. The summed E-state index contributed by atoms with van der Waals surface area (Å²) in [4.78, 5) is 0. The van der Waals surface area contributed by atoms with Crippen LogP contribution in [0.1, 0.15) is 26.2 Å². The second kappa shape index (κ2) is 20.0. The summed E-state index contributed by atoms with van der Waals surface area (Å²) >= 11 is 0. The summed E-state index contributed by atoms with van der Waals surface area (Å²) in [5.74, 6) is 54.5. The van der Waals surface area contributed by atoms with Crippen LogP contribution in [0.5, 0.6) is 0 Å². The topological polar surface area (TPSA) is 0 Å². The molecule has 0 amide bonds. The van der Waals surface area contributed by atoms with Gasteiger partial charge in [0.1, 0.15) is 0 Å². The van der Waals surface area contributed by atoms with Crippen molar-refractivity contribution in [2.45, 2.75) is 26.2 Å². The molecule has 0 aromatic carbocycles. The van der Waals surface area contributed by atoms with E-state index in [1.165, 1.54) is 0 Å². The number of rotatable bonds is 4. The Hall–Kier alpha value is -5.28. The van der Waals surface area contributed by atoms with Gasteiger partial charge in [-0.05, 0) is 119 Å². The summed E-state index contributed by atoms with van der Waals surface area (Å²) in [7, 11) is 0. The second-order valence-corrected chi connectivity index (χ2v) is 5.15. The van der Waals surface area contributed by atoms with Crippen molar-refractivity contribution in [3.05, 3.63) is 0 Å². The largest absolute Gasteiger partial charge is 0.106 e. The third-order valence-electron chi connectivity index (χ3n) is 2.91. The van der Waals surface area contributed by atoms with E-state index in [0.29, 0.717) is 6.42 Å². The van der Waals surface area contributed by atoms with Crippen molar-refractivity contribution in [3.63, 3.8) is 0 Å². The van der Waals surface area contributed by atoms with Gasteiger partial charge in [-0.3, -0.25) is 0 Å². The third kappa shape index (κ3) is 17.5. The summed E-state index contributed by atoms with van der Waals surface area (Å²) in [6.07, 6.45) is 17.2. The molecule has 0 heteroatoms. The van der Waals surface area contributed by atoms with E-state index in [0.717, 1.165) is 12.8 Å². The fourth-order valence-corrected chi connectivity index (χ4v) is 1.77. The number of hydrogen-bond acceptors (Lipinski definition) is 0. The molecule has 0 rings (SSSR count). The summed E-state index contributed by atoms with van der Waals surface area (Å²) in [5.41, 5.74) is 0. The Kier molecular flexibility index (Phi) is 16.5. The van der Waals surface area contributed by atoms with Crippen molar-refractivity contribution in [2.24, 2.45) is 11.8 Å². The van der Waals surface area contributed by atoms with E-state index in [1.807, 2.05) is 6.92 Å². The van der Waals surface area contributed by atoms with Crippen molar-refractivity contribution in [2.75, 3.05) is 0 Å². The van der Waals surface area contributed by atoms with E-state index in [2.05, 4.69) is 124 Å². The minimum absolute atomic E-state index is 0.0573. The average Bonchev–Trinajstić information content (AvgIpc) is 2.74. The van der Waals surface area contributed by atoms with Crippen LogP contribution in [0.25, 0.3) is 0 Å². The Morgan fingerprint density at radius 3 is 1.50 bits per heavy atom. The predicted octanol–water partition coefficient (Wildman–Crippen LogP) is 2.34. The maximum absolute atomic E-state index is 5.03. The minimum Gasteiger partial charge on any atom is -0.106 e. The van der Waals surface area contributed by atoms with Crippen LogP contribution in [0.2, 0.25) is 0 Å². The highest BCUT2D eigenvalue weighted by Crippen LogP contribution is 2.16. The van der Waals surface area contributed by atoms with E-state index < -0.39 is 0 Å². The molecular formula is C30H14. The molecule has 134 valence electrons. The lowest BCUT2D eigenvalue weighted by atomic mass is 9.92. The van der Waals surface area contributed by atoms with Crippen molar-refractivity contribution in [1.29, 1.82) is 0 Å². The van der Waals surface area contributed by atoms with Crippen LogP contribution in [0.4, 0.5) is 0 Å². The first-order valence-electron chi connectivity index (χ1n) is 8.60. The minimum atomic E-state index is 0.0573. The molecule has 0 aliphatic heterocycles. The molecule has 0 spiro atoms. The first kappa shape index (κ1) is 24.7. The molecule has 0 bridgehead atoms. The van der Waals surface area contributed by atoms with Gasteiger partial charge < -0.3 is 0 Å². The molecule has 30 heavy (non-hydrogen) atoms. The molecule has 0 aromatic rings. The first-order valence-corrected chi connectivity index (χ1v) is 8.60. The standard InChI is InChI=1S/C30H14/c1-5-8-11-14-17-18-21-24-27-30(26-23-20-16-13-10-7-3)28-29(4)25-22-19-15-12-9-6-2/h1-3,29-30H,24,27-28H2,4H3. The molecule has 2 atom stereocenters. The zero-order chi connectivity index (χ0) is 22.1. The van der Waals surface area contributed by atoms with Crippen molar-refractivity contribution in [1.82, 2.24) is 0 Å². The van der Waals surface area contributed by atoms with Gasteiger partial charge >= 0.3 is 0 Å². The Morgan fingerprint density at radius 2 is 0.967 bits per heavy atom. The highest BCUT2D eigenvalue weighted by atomic mass is 14.1. The van der Waals surface area contributed by atoms with Crippen molar-refractivity contribution >= 4 is 0 Å². The lowest BCUT2D eigenvalue weighted by Gasteiger charge is -2.10. The van der Waals surface area contributed by atoms with E-state index in [9.17, 15) is 0 Å². The Morgan fingerprint density at radius 1 is 0.533 bits per heavy atom. The Balaban J connectivity index is 5.09. The van der Waals surface area contributed by atoms with Gasteiger partial charge in [-0.1, -0.05) is 24.7 Å². The Bertz CT molecular complexity index is 1300. The van der Waals surface area contributed by atoms with E-state index in [1.54, 1.807) is 0 Å². The molecular weight excluding hydrogens is 360 g/mol. The molecule has 0 nitrogen and oxygen atoms in total. The maximum atomic E-state index is 5.03. The highest BCUT2D eigenvalue weighted by molar-refractivity contribution is 5.41. The number of terminal acetylenes is 3. The van der Waals surface area contributed by atoms with Crippen LogP contribution in [0, 0.1) is 155 Å². The van der Waals surface area contributed by atoms with Crippen LogP contribution >= 0.6 is 0 Å². The molecule has 0 N–H and O–H groups in total. The van der Waals surface area contributed by atoms with Gasteiger partial charge in [-0.25, -0.2) is 0 Å². The van der Waals surface area contributed by atoms with Crippen LogP contribution in [-0.4, -0.2) is 0 Å². The smallest absolute Gasteiger partial charge is 0.0233 e. The molecule has 0 fully saturated rings. The SMILES string of the molecule is C#CC#CC#CC#CCCC(C#CC#CC#CC#C)CC(C)C#CC#CC#CC#C. The number of hydrogen-bond donors (Lipinski definition) is 0. The van der Waals surface area contributed by atoms with E-state index in [-0.39, 0.29) is 11.8 Å². The van der Waals surface area contributed by atoms with Gasteiger partial charge in [0.15, 0.2) is 0 Å². The highest BCUT2D eigenvalue weighted by Gasteiger charge is 2.08. The third-order valence-corrected chi connectivity index (χ3v) is 2.91. The fourth-order valence-electron chi connectivity index (χ4n) is 1.77. The lowest BCUT2D eigenvalue weighted by molar-refractivity contribution is 0.509. The predicted molar refractivity (Wildman–Crippen MR) is 123 cm³/mol. The Labute approximate surface area is 181 Å².